The van der Waals surface area contributed by atoms with E-state index in [1.165, 1.54) is 118 Å². The maximum absolute atomic E-state index is 2.43. The van der Waals surface area contributed by atoms with Crippen molar-refractivity contribution >= 4 is 53.1 Å². The predicted molar refractivity (Wildman–Crippen MR) is 150 cm³/mol. The summed E-state index contributed by atoms with van der Waals surface area (Å²) in [4.78, 5) is 0. The van der Waals surface area contributed by atoms with Crippen LogP contribution in [0.2, 0.25) is 0 Å². The molecule has 170 valence electrons. The molecule has 0 radical (unpaired) electrons. The number of hydrogen-bond donors (Lipinski definition) is 0. The van der Waals surface area contributed by atoms with Crippen molar-refractivity contribution in [3.63, 3.8) is 0 Å². The van der Waals surface area contributed by atoms with Gasteiger partial charge in [0, 0.05) is 20.2 Å². The molecule has 5 rings (SSSR count). The molecule has 0 aliphatic carbocycles. The number of thiophene rings is 1. The molecule has 0 bridgehead atoms. The first-order chi connectivity index (χ1) is 16.3. The first-order valence-electron chi connectivity index (χ1n) is 13.1. The van der Waals surface area contributed by atoms with Crippen molar-refractivity contribution in [1.82, 2.24) is 0 Å². The van der Waals surface area contributed by atoms with Gasteiger partial charge in [-0.05, 0) is 52.1 Å². The topological polar surface area (TPSA) is 0 Å². The highest BCUT2D eigenvalue weighted by molar-refractivity contribution is 7.26. The molecule has 0 spiro atoms. The summed E-state index contributed by atoms with van der Waals surface area (Å²) in [5.74, 6) is 0. The minimum absolute atomic E-state index is 1.21. The van der Waals surface area contributed by atoms with Crippen molar-refractivity contribution in [1.29, 1.82) is 0 Å². The van der Waals surface area contributed by atoms with Crippen molar-refractivity contribution in [2.75, 3.05) is 0 Å². The quantitative estimate of drug-likeness (QED) is 0.138. The molecular formula is C32H36S. The fourth-order valence-corrected chi connectivity index (χ4v) is 6.51. The molecule has 0 nitrogen and oxygen atoms in total. The highest BCUT2D eigenvalue weighted by Gasteiger charge is 2.10. The third-order valence-electron chi connectivity index (χ3n) is 7.24. The summed E-state index contributed by atoms with van der Waals surface area (Å²) in [6, 6.07) is 25.3. The van der Waals surface area contributed by atoms with Crippen molar-refractivity contribution < 1.29 is 0 Å². The van der Waals surface area contributed by atoms with E-state index < -0.39 is 0 Å². The Hall–Kier alpha value is -2.38. The zero-order valence-corrected chi connectivity index (χ0v) is 20.9. The maximum Gasteiger partial charge on any atom is 0.0361 e. The third kappa shape index (κ3) is 4.94. The normalized spacial score (nSPS) is 11.9. The Balaban J connectivity index is 1.25. The third-order valence-corrected chi connectivity index (χ3v) is 8.37. The van der Waals surface area contributed by atoms with Crippen molar-refractivity contribution in [2.45, 2.75) is 77.6 Å². The van der Waals surface area contributed by atoms with Crippen molar-refractivity contribution in [3.8, 4) is 0 Å². The monoisotopic (exact) mass is 452 g/mol. The average Bonchev–Trinajstić information content (AvgIpc) is 3.24. The molecule has 4 aromatic carbocycles. The second kappa shape index (κ2) is 10.7. The Morgan fingerprint density at radius 3 is 2.06 bits per heavy atom. The molecule has 5 aromatic rings. The average molecular weight is 453 g/mol. The van der Waals surface area contributed by atoms with Crippen LogP contribution in [-0.4, -0.2) is 0 Å². The minimum Gasteiger partial charge on any atom is -0.135 e. The van der Waals surface area contributed by atoms with Crippen LogP contribution >= 0.6 is 11.3 Å². The number of unbranched alkanes of at least 4 members (excludes halogenated alkanes) is 9. The summed E-state index contributed by atoms with van der Waals surface area (Å²) in [7, 11) is 0. The van der Waals surface area contributed by atoms with Gasteiger partial charge in [0.05, 0.1) is 0 Å². The molecule has 0 fully saturated rings. The lowest BCUT2D eigenvalue weighted by Gasteiger charge is -2.08. The van der Waals surface area contributed by atoms with Gasteiger partial charge in [-0.2, -0.15) is 0 Å². The number of rotatable bonds is 11. The number of fused-ring (bicyclic) bond motifs is 7. The molecule has 33 heavy (non-hydrogen) atoms. The van der Waals surface area contributed by atoms with Gasteiger partial charge >= 0.3 is 0 Å². The molecule has 0 atom stereocenters. The Bertz CT molecular complexity index is 1360. The summed E-state index contributed by atoms with van der Waals surface area (Å²) in [5.41, 5.74) is 1.49. The molecule has 0 saturated carbocycles. The summed E-state index contributed by atoms with van der Waals surface area (Å²) in [5, 5.41) is 8.35. The van der Waals surface area contributed by atoms with Crippen molar-refractivity contribution in [2.24, 2.45) is 0 Å². The van der Waals surface area contributed by atoms with Crippen molar-refractivity contribution in [3.05, 3.63) is 72.3 Å². The molecule has 0 saturated heterocycles. The molecule has 1 heteroatoms. The fraction of sp³-hybridized carbons (Fsp3) is 0.375. The summed E-state index contributed by atoms with van der Waals surface area (Å²) < 4.78 is 2.77. The highest BCUT2D eigenvalue weighted by Crippen LogP contribution is 2.40. The molecule has 1 heterocycles. The largest absolute Gasteiger partial charge is 0.135 e. The second-order valence-electron chi connectivity index (χ2n) is 9.69. The van der Waals surface area contributed by atoms with E-state index in [4.69, 9.17) is 0 Å². The molecule has 0 aliphatic heterocycles. The van der Waals surface area contributed by atoms with Crippen LogP contribution in [0.4, 0.5) is 0 Å². The lowest BCUT2D eigenvalue weighted by molar-refractivity contribution is 0.556. The van der Waals surface area contributed by atoms with E-state index in [0.29, 0.717) is 0 Å². The van der Waals surface area contributed by atoms with Gasteiger partial charge in [-0.25, -0.2) is 0 Å². The smallest absolute Gasteiger partial charge is 0.0361 e. The molecule has 0 amide bonds. The highest BCUT2D eigenvalue weighted by atomic mass is 32.1. The van der Waals surface area contributed by atoms with E-state index in [1.54, 1.807) is 0 Å². The standard InChI is InChI=1S/C32H36S/c1-2-3-4-5-6-7-8-9-10-11-14-24-17-19-26-25(23-24)18-20-28-27(26)21-22-31-32(28)29-15-12-13-16-30(29)33-31/h12-13,15-23H,2-11,14H2,1H3. The number of benzene rings is 4. The van der Waals surface area contributed by atoms with E-state index in [9.17, 15) is 0 Å². The Morgan fingerprint density at radius 2 is 1.24 bits per heavy atom. The van der Waals surface area contributed by atoms with Crippen LogP contribution in [0.5, 0.6) is 0 Å². The number of hydrogen-bond acceptors (Lipinski definition) is 1. The summed E-state index contributed by atoms with van der Waals surface area (Å²) in [6.45, 7) is 2.29. The van der Waals surface area contributed by atoms with E-state index in [1.807, 2.05) is 11.3 Å². The van der Waals surface area contributed by atoms with Gasteiger partial charge in [0.25, 0.3) is 0 Å². The zero-order chi connectivity index (χ0) is 22.5. The maximum atomic E-state index is 2.43. The Labute approximate surface area is 202 Å². The molecular weight excluding hydrogens is 416 g/mol. The molecule has 0 unspecified atom stereocenters. The Kier molecular flexibility index (Phi) is 7.27. The van der Waals surface area contributed by atoms with E-state index in [-0.39, 0.29) is 0 Å². The van der Waals surface area contributed by atoms with Gasteiger partial charge in [0.2, 0.25) is 0 Å². The molecule has 0 N–H and O–H groups in total. The Morgan fingerprint density at radius 1 is 0.545 bits per heavy atom. The number of aryl methyl sites for hydroxylation is 1. The van der Waals surface area contributed by atoms with Crippen LogP contribution in [0.15, 0.2) is 66.7 Å². The van der Waals surface area contributed by atoms with Gasteiger partial charge in [-0.1, -0.05) is 119 Å². The molecule has 1 aromatic heterocycles. The minimum atomic E-state index is 1.21. The van der Waals surface area contributed by atoms with Crippen LogP contribution in [0.3, 0.4) is 0 Å². The zero-order valence-electron chi connectivity index (χ0n) is 20.0. The second-order valence-corrected chi connectivity index (χ2v) is 10.8. The van der Waals surface area contributed by atoms with Crippen LogP contribution < -0.4 is 0 Å². The first-order valence-corrected chi connectivity index (χ1v) is 13.9. The van der Waals surface area contributed by atoms with Gasteiger partial charge in [0.15, 0.2) is 0 Å². The van der Waals surface area contributed by atoms with Crippen LogP contribution in [0.1, 0.15) is 76.7 Å². The molecule has 0 aliphatic rings. The van der Waals surface area contributed by atoms with Gasteiger partial charge < -0.3 is 0 Å². The lowest BCUT2D eigenvalue weighted by atomic mass is 9.96. The van der Waals surface area contributed by atoms with E-state index in [2.05, 4.69) is 73.7 Å². The van der Waals surface area contributed by atoms with Gasteiger partial charge in [-0.15, -0.1) is 11.3 Å². The lowest BCUT2D eigenvalue weighted by Crippen LogP contribution is -1.88. The van der Waals surface area contributed by atoms with Crippen LogP contribution in [0.25, 0.3) is 41.7 Å². The summed E-state index contributed by atoms with van der Waals surface area (Å²) in [6.07, 6.45) is 15.2. The predicted octanol–water partition coefficient (Wildman–Crippen LogP) is 10.8. The summed E-state index contributed by atoms with van der Waals surface area (Å²) >= 11 is 1.90. The van der Waals surface area contributed by atoms with E-state index >= 15 is 0 Å². The van der Waals surface area contributed by atoms with Crippen LogP contribution in [0, 0.1) is 0 Å². The first kappa shape index (κ1) is 22.4. The van der Waals surface area contributed by atoms with Gasteiger partial charge in [0.1, 0.15) is 0 Å². The fourth-order valence-electron chi connectivity index (χ4n) is 5.39. The van der Waals surface area contributed by atoms with Crippen LogP contribution in [-0.2, 0) is 6.42 Å². The van der Waals surface area contributed by atoms with E-state index in [0.717, 1.165) is 0 Å². The van der Waals surface area contributed by atoms with Gasteiger partial charge in [-0.3, -0.25) is 0 Å². The SMILES string of the molecule is CCCCCCCCCCCCc1ccc2c(ccc3c2ccc2sc4ccccc4c23)c1.